The average molecular weight is 254 g/mol. The van der Waals surface area contributed by atoms with Crippen molar-refractivity contribution in [3.05, 3.63) is 41.6 Å². The van der Waals surface area contributed by atoms with Crippen LogP contribution in [0.25, 0.3) is 10.9 Å². The zero-order chi connectivity index (χ0) is 13.2. The number of aryl methyl sites for hydroxylation is 1. The highest BCUT2D eigenvalue weighted by molar-refractivity contribution is 5.79. The number of hydrogen-bond acceptors (Lipinski definition) is 2. The molecule has 0 bridgehead atoms. The van der Waals surface area contributed by atoms with Gasteiger partial charge in [-0.2, -0.15) is 0 Å². The number of pyridine rings is 1. The molecular formula is C17H22N2. The lowest BCUT2D eigenvalue weighted by Gasteiger charge is -2.30. The molecular weight excluding hydrogens is 232 g/mol. The van der Waals surface area contributed by atoms with Gasteiger partial charge in [0.2, 0.25) is 0 Å². The number of nitrogens with zero attached hydrogens (tertiary/aromatic N) is 2. The van der Waals surface area contributed by atoms with Gasteiger partial charge in [-0.25, -0.2) is 0 Å². The van der Waals surface area contributed by atoms with E-state index in [1.807, 2.05) is 0 Å². The quantitative estimate of drug-likeness (QED) is 0.811. The van der Waals surface area contributed by atoms with Crippen LogP contribution in [0.4, 0.5) is 0 Å². The number of fused-ring (bicyclic) bond motifs is 1. The predicted molar refractivity (Wildman–Crippen MR) is 80.2 cm³/mol. The zero-order valence-corrected chi connectivity index (χ0v) is 11.9. The molecule has 1 aromatic carbocycles. The minimum Gasteiger partial charge on any atom is -0.297 e. The van der Waals surface area contributed by atoms with Gasteiger partial charge in [0, 0.05) is 11.9 Å². The van der Waals surface area contributed by atoms with E-state index < -0.39 is 0 Å². The first-order chi connectivity index (χ1) is 9.22. The molecule has 2 nitrogen and oxygen atoms in total. The van der Waals surface area contributed by atoms with E-state index in [4.69, 9.17) is 4.98 Å². The summed E-state index contributed by atoms with van der Waals surface area (Å²) in [5.41, 5.74) is 3.68. The number of piperidine rings is 1. The Morgan fingerprint density at radius 2 is 1.95 bits per heavy atom. The van der Waals surface area contributed by atoms with Crippen molar-refractivity contribution in [2.75, 3.05) is 13.1 Å². The summed E-state index contributed by atoms with van der Waals surface area (Å²) in [4.78, 5) is 7.39. The smallest absolute Gasteiger partial charge is 0.0706 e. The van der Waals surface area contributed by atoms with Crippen LogP contribution < -0.4 is 0 Å². The fourth-order valence-corrected chi connectivity index (χ4v) is 2.85. The summed E-state index contributed by atoms with van der Waals surface area (Å²) >= 11 is 0. The van der Waals surface area contributed by atoms with Crippen LogP contribution in [0.2, 0.25) is 0 Å². The third-order valence-corrected chi connectivity index (χ3v) is 4.27. The van der Waals surface area contributed by atoms with E-state index in [-0.39, 0.29) is 0 Å². The molecule has 100 valence electrons. The van der Waals surface area contributed by atoms with Crippen molar-refractivity contribution in [1.82, 2.24) is 9.88 Å². The van der Waals surface area contributed by atoms with Gasteiger partial charge < -0.3 is 0 Å². The minimum absolute atomic E-state index is 0.891. The second-order valence-corrected chi connectivity index (χ2v) is 5.90. The lowest BCUT2D eigenvalue weighted by molar-refractivity contribution is 0.183. The first-order valence-corrected chi connectivity index (χ1v) is 7.30. The summed E-state index contributed by atoms with van der Waals surface area (Å²) in [6, 6.07) is 10.7. The maximum Gasteiger partial charge on any atom is 0.0706 e. The van der Waals surface area contributed by atoms with Gasteiger partial charge in [0.25, 0.3) is 0 Å². The lowest BCUT2D eigenvalue weighted by Crippen LogP contribution is -2.32. The Kier molecular flexibility index (Phi) is 3.52. The van der Waals surface area contributed by atoms with E-state index in [2.05, 4.69) is 49.1 Å². The molecule has 0 radical (unpaired) electrons. The van der Waals surface area contributed by atoms with E-state index in [1.165, 1.54) is 42.6 Å². The highest BCUT2D eigenvalue weighted by Gasteiger charge is 2.17. The fourth-order valence-electron chi connectivity index (χ4n) is 2.85. The van der Waals surface area contributed by atoms with Crippen LogP contribution in [0.5, 0.6) is 0 Å². The number of rotatable bonds is 2. The topological polar surface area (TPSA) is 16.1 Å². The van der Waals surface area contributed by atoms with Crippen molar-refractivity contribution in [2.24, 2.45) is 5.92 Å². The highest BCUT2D eigenvalue weighted by Crippen LogP contribution is 2.21. The Hall–Kier alpha value is -1.41. The summed E-state index contributed by atoms with van der Waals surface area (Å²) in [6.07, 6.45) is 2.65. The Balaban J connectivity index is 1.82. The van der Waals surface area contributed by atoms with Crippen molar-refractivity contribution in [2.45, 2.75) is 33.2 Å². The Morgan fingerprint density at radius 3 is 2.74 bits per heavy atom. The van der Waals surface area contributed by atoms with Crippen LogP contribution in [-0.4, -0.2) is 23.0 Å². The van der Waals surface area contributed by atoms with Crippen LogP contribution in [0.3, 0.4) is 0 Å². The van der Waals surface area contributed by atoms with Gasteiger partial charge in [0.05, 0.1) is 11.2 Å². The molecule has 1 fully saturated rings. The first-order valence-electron chi connectivity index (χ1n) is 7.30. The van der Waals surface area contributed by atoms with Crippen LogP contribution in [0.1, 0.15) is 31.0 Å². The molecule has 19 heavy (non-hydrogen) atoms. The van der Waals surface area contributed by atoms with Crippen LogP contribution in [0.15, 0.2) is 30.3 Å². The van der Waals surface area contributed by atoms with Crippen molar-refractivity contribution >= 4 is 10.9 Å². The molecule has 1 aromatic heterocycles. The van der Waals surface area contributed by atoms with E-state index in [0.29, 0.717) is 0 Å². The molecule has 0 aliphatic carbocycles. The third kappa shape index (κ3) is 2.79. The molecule has 1 aliphatic heterocycles. The second kappa shape index (κ2) is 5.30. The number of benzene rings is 1. The molecule has 3 rings (SSSR count). The molecule has 1 aliphatic rings. The summed E-state index contributed by atoms with van der Waals surface area (Å²) in [7, 11) is 0. The minimum atomic E-state index is 0.891. The van der Waals surface area contributed by atoms with Gasteiger partial charge in [-0.15, -0.1) is 0 Å². The number of likely N-dealkylation sites (tertiary alicyclic amines) is 1. The highest BCUT2D eigenvalue weighted by atomic mass is 15.1. The molecule has 2 aromatic rings. The fraction of sp³-hybridized carbons (Fsp3) is 0.471. The van der Waals surface area contributed by atoms with Crippen molar-refractivity contribution in [3.8, 4) is 0 Å². The maximum atomic E-state index is 4.85. The van der Waals surface area contributed by atoms with Crippen LogP contribution in [-0.2, 0) is 6.54 Å². The number of para-hydroxylation sites is 1. The van der Waals surface area contributed by atoms with E-state index >= 15 is 0 Å². The van der Waals surface area contributed by atoms with E-state index in [9.17, 15) is 0 Å². The van der Waals surface area contributed by atoms with Crippen molar-refractivity contribution in [1.29, 1.82) is 0 Å². The molecule has 0 unspecified atom stereocenters. The number of hydrogen-bond donors (Lipinski definition) is 0. The van der Waals surface area contributed by atoms with Crippen molar-refractivity contribution < 1.29 is 0 Å². The molecule has 0 spiro atoms. The SMILES string of the molecule is Cc1cc2ccccc2nc1CN1CCC(C)CC1. The summed E-state index contributed by atoms with van der Waals surface area (Å²) < 4.78 is 0. The predicted octanol–water partition coefficient (Wildman–Crippen LogP) is 3.78. The Bertz CT molecular complexity index is 568. The van der Waals surface area contributed by atoms with Gasteiger partial charge in [-0.05, 0) is 56.5 Å². The van der Waals surface area contributed by atoms with Gasteiger partial charge >= 0.3 is 0 Å². The second-order valence-electron chi connectivity index (χ2n) is 5.90. The van der Waals surface area contributed by atoms with Crippen LogP contribution >= 0.6 is 0 Å². The van der Waals surface area contributed by atoms with Gasteiger partial charge in [-0.1, -0.05) is 25.1 Å². The van der Waals surface area contributed by atoms with Crippen molar-refractivity contribution in [3.63, 3.8) is 0 Å². The lowest BCUT2D eigenvalue weighted by atomic mass is 9.99. The molecule has 1 saturated heterocycles. The van der Waals surface area contributed by atoms with Gasteiger partial charge in [0.1, 0.15) is 0 Å². The Morgan fingerprint density at radius 1 is 1.21 bits per heavy atom. The zero-order valence-electron chi connectivity index (χ0n) is 11.9. The van der Waals surface area contributed by atoms with E-state index in [0.717, 1.165) is 18.0 Å². The Labute approximate surface area is 115 Å². The molecule has 0 amide bonds. The van der Waals surface area contributed by atoms with Crippen LogP contribution in [0, 0.1) is 12.8 Å². The maximum absolute atomic E-state index is 4.85. The van der Waals surface area contributed by atoms with Gasteiger partial charge in [-0.3, -0.25) is 9.88 Å². The first kappa shape index (κ1) is 12.6. The normalized spacial score (nSPS) is 18.0. The van der Waals surface area contributed by atoms with Gasteiger partial charge in [0.15, 0.2) is 0 Å². The third-order valence-electron chi connectivity index (χ3n) is 4.27. The molecule has 0 atom stereocenters. The summed E-state index contributed by atoms with van der Waals surface area (Å²) in [5, 5.41) is 1.25. The largest absolute Gasteiger partial charge is 0.297 e. The average Bonchev–Trinajstić information content (AvgIpc) is 2.42. The molecule has 0 saturated carbocycles. The monoisotopic (exact) mass is 254 g/mol. The number of aromatic nitrogens is 1. The summed E-state index contributed by atoms with van der Waals surface area (Å²) in [5.74, 6) is 0.891. The molecule has 0 N–H and O–H groups in total. The molecule has 2 heteroatoms. The summed E-state index contributed by atoms with van der Waals surface area (Å²) in [6.45, 7) is 7.98. The van der Waals surface area contributed by atoms with E-state index in [1.54, 1.807) is 0 Å². The standard InChI is InChI=1S/C17H22N2/c1-13-7-9-19(10-8-13)12-17-14(2)11-15-5-3-4-6-16(15)18-17/h3-6,11,13H,7-10,12H2,1-2H3. The molecule has 2 heterocycles.